The molecule has 1 unspecified atom stereocenters. The van der Waals surface area contributed by atoms with Crippen LogP contribution in [-0.2, 0) is 4.79 Å². The summed E-state index contributed by atoms with van der Waals surface area (Å²) in [4.78, 5) is 26.4. The molecule has 130 valence electrons. The van der Waals surface area contributed by atoms with Crippen LogP contribution in [0.25, 0.3) is 0 Å². The van der Waals surface area contributed by atoms with Gasteiger partial charge in [-0.05, 0) is 31.0 Å². The maximum Gasteiger partial charge on any atom is 0.272 e. The summed E-state index contributed by atoms with van der Waals surface area (Å²) in [5.74, 6) is 0.880. The lowest BCUT2D eigenvalue weighted by atomic mass is 10.2. The van der Waals surface area contributed by atoms with Crippen molar-refractivity contribution < 1.29 is 14.3 Å². The lowest BCUT2D eigenvalue weighted by Crippen LogP contribution is -2.37. The normalized spacial score (nSPS) is 20.0. The van der Waals surface area contributed by atoms with Gasteiger partial charge in [0.05, 0.1) is 18.8 Å². The van der Waals surface area contributed by atoms with Crippen LogP contribution < -0.4 is 15.0 Å². The van der Waals surface area contributed by atoms with Crippen LogP contribution in [0, 0.1) is 0 Å². The minimum Gasteiger partial charge on any atom is -0.495 e. The van der Waals surface area contributed by atoms with E-state index in [0.29, 0.717) is 23.9 Å². The number of nitrogens with one attached hydrogen (secondary N) is 2. The molecule has 0 radical (unpaired) electrons. The van der Waals surface area contributed by atoms with Crippen molar-refractivity contribution >= 4 is 17.5 Å². The number of benzene rings is 1. The highest BCUT2D eigenvalue weighted by molar-refractivity contribution is 5.99. The number of anilines is 1. The van der Waals surface area contributed by atoms with Crippen LogP contribution in [0.4, 0.5) is 5.69 Å². The van der Waals surface area contributed by atoms with Crippen LogP contribution in [0.5, 0.6) is 5.75 Å². The quantitative estimate of drug-likeness (QED) is 0.869. The number of aromatic nitrogens is 2. The van der Waals surface area contributed by atoms with Gasteiger partial charge in [0, 0.05) is 24.6 Å². The number of methoxy groups -OCH3 is 1. The van der Waals surface area contributed by atoms with Gasteiger partial charge in [-0.1, -0.05) is 12.1 Å². The molecule has 1 saturated carbocycles. The Morgan fingerprint density at radius 3 is 2.92 bits per heavy atom. The molecule has 7 heteroatoms. The molecule has 0 bridgehead atoms. The van der Waals surface area contributed by atoms with E-state index in [4.69, 9.17) is 4.74 Å². The van der Waals surface area contributed by atoms with Crippen molar-refractivity contribution in [1.82, 2.24) is 15.5 Å². The molecule has 4 rings (SSSR count). The number of carbonyl (C=O) groups excluding carboxylic acids is 2. The Morgan fingerprint density at radius 2 is 2.16 bits per heavy atom. The highest BCUT2D eigenvalue weighted by atomic mass is 16.5. The van der Waals surface area contributed by atoms with Crippen LogP contribution in [0.2, 0.25) is 0 Å². The van der Waals surface area contributed by atoms with Gasteiger partial charge in [0.2, 0.25) is 5.91 Å². The van der Waals surface area contributed by atoms with Gasteiger partial charge in [-0.3, -0.25) is 14.7 Å². The number of amides is 2. The fourth-order valence-electron chi connectivity index (χ4n) is 3.21. The van der Waals surface area contributed by atoms with Gasteiger partial charge in [-0.25, -0.2) is 0 Å². The summed E-state index contributed by atoms with van der Waals surface area (Å²) >= 11 is 0. The second-order valence-electron chi connectivity index (χ2n) is 6.53. The van der Waals surface area contributed by atoms with E-state index in [1.54, 1.807) is 12.0 Å². The third-order valence-corrected chi connectivity index (χ3v) is 4.68. The van der Waals surface area contributed by atoms with Crippen LogP contribution in [0.1, 0.15) is 41.4 Å². The summed E-state index contributed by atoms with van der Waals surface area (Å²) < 4.78 is 5.33. The van der Waals surface area contributed by atoms with E-state index in [1.807, 2.05) is 30.3 Å². The van der Waals surface area contributed by atoms with E-state index in [2.05, 4.69) is 15.5 Å². The molecule has 1 aromatic heterocycles. The lowest BCUT2D eigenvalue weighted by molar-refractivity contribution is -0.117. The number of para-hydroxylation sites is 2. The number of hydrogen-bond acceptors (Lipinski definition) is 4. The summed E-state index contributed by atoms with van der Waals surface area (Å²) in [6.45, 7) is 0.421. The molecular weight excluding hydrogens is 320 g/mol. The van der Waals surface area contributed by atoms with Crippen LogP contribution in [0.3, 0.4) is 0 Å². The molecule has 1 aliphatic carbocycles. The van der Waals surface area contributed by atoms with Gasteiger partial charge in [-0.15, -0.1) is 0 Å². The number of nitrogens with zero attached hydrogens (tertiary/aromatic N) is 2. The van der Waals surface area contributed by atoms with Gasteiger partial charge >= 0.3 is 0 Å². The van der Waals surface area contributed by atoms with Crippen molar-refractivity contribution in [3.63, 3.8) is 0 Å². The molecule has 2 N–H and O–H groups in total. The monoisotopic (exact) mass is 340 g/mol. The summed E-state index contributed by atoms with van der Waals surface area (Å²) in [7, 11) is 1.58. The second kappa shape index (κ2) is 6.23. The highest BCUT2D eigenvalue weighted by Crippen LogP contribution is 2.39. The molecule has 2 aliphatic rings. The van der Waals surface area contributed by atoms with Crippen LogP contribution in [-0.4, -0.2) is 41.7 Å². The average molecular weight is 340 g/mol. The van der Waals surface area contributed by atoms with Crippen molar-refractivity contribution in [2.24, 2.45) is 0 Å². The molecule has 1 aliphatic heterocycles. The summed E-state index contributed by atoms with van der Waals surface area (Å²) in [5.41, 5.74) is 2.12. The van der Waals surface area contributed by atoms with Crippen molar-refractivity contribution in [1.29, 1.82) is 0 Å². The van der Waals surface area contributed by atoms with E-state index < -0.39 is 0 Å². The summed E-state index contributed by atoms with van der Waals surface area (Å²) in [6, 6.07) is 8.94. The molecule has 25 heavy (non-hydrogen) atoms. The molecule has 2 heterocycles. The Labute approximate surface area is 145 Å². The average Bonchev–Trinajstić information content (AvgIpc) is 3.23. The van der Waals surface area contributed by atoms with E-state index in [0.717, 1.165) is 24.2 Å². The van der Waals surface area contributed by atoms with Crippen molar-refractivity contribution in [3.05, 3.63) is 41.7 Å². The van der Waals surface area contributed by atoms with E-state index >= 15 is 0 Å². The van der Waals surface area contributed by atoms with E-state index in [-0.39, 0.29) is 24.3 Å². The molecule has 2 fully saturated rings. The molecule has 1 atom stereocenters. The molecule has 2 aromatic rings. The van der Waals surface area contributed by atoms with Gasteiger partial charge in [0.25, 0.3) is 5.91 Å². The highest BCUT2D eigenvalue weighted by Gasteiger charge is 2.34. The smallest absolute Gasteiger partial charge is 0.272 e. The topological polar surface area (TPSA) is 87.3 Å². The fraction of sp³-hybridized carbons (Fsp3) is 0.389. The van der Waals surface area contributed by atoms with Gasteiger partial charge in [0.1, 0.15) is 11.4 Å². The lowest BCUT2D eigenvalue weighted by Gasteiger charge is -2.19. The summed E-state index contributed by atoms with van der Waals surface area (Å²) in [6.07, 6.45) is 2.56. The zero-order valence-electron chi connectivity index (χ0n) is 14.0. The fourth-order valence-corrected chi connectivity index (χ4v) is 3.21. The second-order valence-corrected chi connectivity index (χ2v) is 6.53. The number of rotatable bonds is 5. The maximum atomic E-state index is 12.4. The molecule has 1 saturated heterocycles. The first kappa shape index (κ1) is 15.7. The van der Waals surface area contributed by atoms with E-state index in [9.17, 15) is 9.59 Å². The first-order chi connectivity index (χ1) is 12.2. The van der Waals surface area contributed by atoms with E-state index in [1.165, 1.54) is 0 Å². The first-order valence-corrected chi connectivity index (χ1v) is 8.45. The number of H-pyrrole nitrogens is 1. The predicted octanol–water partition coefficient (Wildman–Crippen LogP) is 1.83. The number of aromatic amines is 1. The van der Waals surface area contributed by atoms with Gasteiger partial charge in [0.15, 0.2) is 0 Å². The molecule has 0 spiro atoms. The van der Waals surface area contributed by atoms with Crippen LogP contribution >= 0.6 is 0 Å². The minimum absolute atomic E-state index is 0.0319. The Bertz CT molecular complexity index is 812. The molecule has 1 aromatic carbocycles. The Balaban J connectivity index is 1.43. The number of carbonyl (C=O) groups is 2. The minimum atomic E-state index is -0.247. The maximum absolute atomic E-state index is 12.4. The SMILES string of the molecule is COc1ccccc1N1CC(NC(=O)c2cc(C3CC3)[nH]n2)CC1=O. The molecule has 7 nitrogen and oxygen atoms in total. The van der Waals surface area contributed by atoms with Crippen molar-refractivity contribution in [2.45, 2.75) is 31.2 Å². The van der Waals surface area contributed by atoms with Crippen LogP contribution in [0.15, 0.2) is 30.3 Å². The number of hydrogen-bond donors (Lipinski definition) is 2. The zero-order valence-corrected chi connectivity index (χ0v) is 14.0. The molecular formula is C18H20N4O3. The molecule has 2 amide bonds. The standard InChI is InChI=1S/C18H20N4O3/c1-25-16-5-3-2-4-15(16)22-10-12(8-17(22)23)19-18(24)14-9-13(20-21-14)11-6-7-11/h2-5,9,11-12H,6-8,10H2,1H3,(H,19,24)(H,20,21). The third kappa shape index (κ3) is 3.09. The number of ether oxygens (including phenoxy) is 1. The van der Waals surface area contributed by atoms with Gasteiger partial charge in [-0.2, -0.15) is 5.10 Å². The Morgan fingerprint density at radius 1 is 1.36 bits per heavy atom. The Hall–Kier alpha value is -2.83. The van der Waals surface area contributed by atoms with Crippen molar-refractivity contribution in [3.8, 4) is 5.75 Å². The third-order valence-electron chi connectivity index (χ3n) is 4.68. The predicted molar refractivity (Wildman–Crippen MR) is 91.8 cm³/mol. The van der Waals surface area contributed by atoms with Crippen molar-refractivity contribution in [2.75, 3.05) is 18.6 Å². The summed E-state index contributed by atoms with van der Waals surface area (Å²) in [5, 5.41) is 9.93. The Kier molecular flexibility index (Phi) is 3.91. The first-order valence-electron chi connectivity index (χ1n) is 8.45. The largest absolute Gasteiger partial charge is 0.495 e. The zero-order chi connectivity index (χ0) is 17.4. The van der Waals surface area contributed by atoms with Gasteiger partial charge < -0.3 is 15.0 Å².